The maximum atomic E-state index is 5.23. The molecular formula is C14H10N4O. The van der Waals surface area contributed by atoms with E-state index in [0.29, 0.717) is 11.6 Å². The molecule has 3 aromatic heterocycles. The Morgan fingerprint density at radius 2 is 2.11 bits per heavy atom. The van der Waals surface area contributed by atoms with Crippen LogP contribution in [-0.2, 0) is 0 Å². The molecule has 0 saturated heterocycles. The Morgan fingerprint density at radius 1 is 1.21 bits per heavy atom. The third kappa shape index (κ3) is 1.52. The number of para-hydroxylation sites is 1. The molecule has 1 N–H and O–H groups in total. The van der Waals surface area contributed by atoms with Crippen LogP contribution in [0.25, 0.3) is 33.5 Å². The van der Waals surface area contributed by atoms with Crippen LogP contribution in [0.2, 0.25) is 0 Å². The van der Waals surface area contributed by atoms with Gasteiger partial charge in [0.25, 0.3) is 0 Å². The van der Waals surface area contributed by atoms with Gasteiger partial charge in [0, 0.05) is 11.5 Å². The number of aryl methyl sites for hydroxylation is 1. The van der Waals surface area contributed by atoms with E-state index in [1.54, 1.807) is 6.20 Å². The van der Waals surface area contributed by atoms with Crippen molar-refractivity contribution in [2.45, 2.75) is 6.92 Å². The van der Waals surface area contributed by atoms with Gasteiger partial charge in [0.15, 0.2) is 5.82 Å². The second kappa shape index (κ2) is 3.65. The molecule has 1 aromatic carbocycles. The van der Waals surface area contributed by atoms with Gasteiger partial charge in [-0.15, -0.1) is 0 Å². The summed E-state index contributed by atoms with van der Waals surface area (Å²) in [6.45, 7) is 1.88. The molecule has 0 atom stereocenters. The summed E-state index contributed by atoms with van der Waals surface area (Å²) in [6.07, 6.45) is 1.79. The summed E-state index contributed by atoms with van der Waals surface area (Å²) in [5.41, 5.74) is 3.55. The lowest BCUT2D eigenvalue weighted by atomic mass is 10.2. The lowest BCUT2D eigenvalue weighted by Crippen LogP contribution is -1.79. The van der Waals surface area contributed by atoms with Gasteiger partial charge >= 0.3 is 0 Å². The first-order valence-corrected chi connectivity index (χ1v) is 5.98. The summed E-state index contributed by atoms with van der Waals surface area (Å²) in [6, 6.07) is 9.79. The molecule has 0 spiro atoms. The van der Waals surface area contributed by atoms with Crippen LogP contribution in [0.4, 0.5) is 0 Å². The Kier molecular flexibility index (Phi) is 1.97. The monoisotopic (exact) mass is 250 g/mol. The quantitative estimate of drug-likeness (QED) is 0.563. The number of aromatic amines is 1. The van der Waals surface area contributed by atoms with Crippen LogP contribution < -0.4 is 0 Å². The molecular weight excluding hydrogens is 240 g/mol. The minimum atomic E-state index is 0.637. The molecule has 0 unspecified atom stereocenters. The Labute approximate surface area is 108 Å². The molecule has 0 amide bonds. The van der Waals surface area contributed by atoms with Crippen molar-refractivity contribution in [3.8, 4) is 11.6 Å². The largest absolute Gasteiger partial charge is 0.353 e. The van der Waals surface area contributed by atoms with Gasteiger partial charge in [0.05, 0.1) is 22.9 Å². The van der Waals surface area contributed by atoms with E-state index in [1.807, 2.05) is 37.3 Å². The van der Waals surface area contributed by atoms with Gasteiger partial charge in [-0.3, -0.25) is 4.98 Å². The number of pyridine rings is 1. The van der Waals surface area contributed by atoms with Gasteiger partial charge in [-0.05, 0) is 13.0 Å². The average molecular weight is 250 g/mol. The molecule has 0 aliphatic carbocycles. The summed E-state index contributed by atoms with van der Waals surface area (Å²) in [5.74, 6) is 1.31. The SMILES string of the molecule is Cc1cc(-c2nc3c(cnc4ccccc43)[nH]2)on1. The number of nitrogens with one attached hydrogen (secondary N) is 1. The molecule has 5 nitrogen and oxygen atoms in total. The fourth-order valence-corrected chi connectivity index (χ4v) is 2.20. The van der Waals surface area contributed by atoms with Crippen LogP contribution in [-0.4, -0.2) is 20.1 Å². The molecule has 3 heterocycles. The number of nitrogens with zero attached hydrogens (tertiary/aromatic N) is 3. The molecule has 0 saturated carbocycles. The summed E-state index contributed by atoms with van der Waals surface area (Å²) < 4.78 is 5.23. The maximum Gasteiger partial charge on any atom is 0.202 e. The van der Waals surface area contributed by atoms with E-state index in [4.69, 9.17) is 4.52 Å². The highest BCUT2D eigenvalue weighted by molar-refractivity contribution is 6.02. The topological polar surface area (TPSA) is 67.6 Å². The molecule has 0 radical (unpaired) electrons. The smallest absolute Gasteiger partial charge is 0.202 e. The molecule has 0 bridgehead atoms. The first-order chi connectivity index (χ1) is 9.31. The number of rotatable bonds is 1. The Hall–Kier alpha value is -2.69. The van der Waals surface area contributed by atoms with Crippen molar-refractivity contribution < 1.29 is 4.52 Å². The van der Waals surface area contributed by atoms with Crippen molar-refractivity contribution in [1.29, 1.82) is 0 Å². The minimum Gasteiger partial charge on any atom is -0.353 e. The number of H-pyrrole nitrogens is 1. The number of fused-ring (bicyclic) bond motifs is 3. The van der Waals surface area contributed by atoms with Gasteiger partial charge in [-0.2, -0.15) is 0 Å². The molecule has 0 aliphatic rings. The lowest BCUT2D eigenvalue weighted by Gasteiger charge is -1.95. The molecule has 92 valence electrons. The molecule has 4 aromatic rings. The predicted molar refractivity (Wildman–Crippen MR) is 71.6 cm³/mol. The van der Waals surface area contributed by atoms with Crippen molar-refractivity contribution in [3.63, 3.8) is 0 Å². The highest BCUT2D eigenvalue weighted by atomic mass is 16.5. The van der Waals surface area contributed by atoms with Crippen LogP contribution in [0, 0.1) is 6.92 Å². The van der Waals surface area contributed by atoms with E-state index in [0.717, 1.165) is 27.6 Å². The Balaban J connectivity index is 2.03. The number of hydrogen-bond donors (Lipinski definition) is 1. The van der Waals surface area contributed by atoms with E-state index in [9.17, 15) is 0 Å². The lowest BCUT2D eigenvalue weighted by molar-refractivity contribution is 0.425. The predicted octanol–water partition coefficient (Wildman–Crippen LogP) is 3.07. The van der Waals surface area contributed by atoms with Crippen LogP contribution in [0.5, 0.6) is 0 Å². The first-order valence-electron chi connectivity index (χ1n) is 5.98. The van der Waals surface area contributed by atoms with Crippen molar-refractivity contribution in [3.05, 3.63) is 42.2 Å². The zero-order valence-electron chi connectivity index (χ0n) is 10.2. The second-order valence-corrected chi connectivity index (χ2v) is 4.46. The highest BCUT2D eigenvalue weighted by Gasteiger charge is 2.12. The Morgan fingerprint density at radius 3 is 2.95 bits per heavy atom. The zero-order chi connectivity index (χ0) is 12.8. The third-order valence-electron chi connectivity index (χ3n) is 3.09. The van der Waals surface area contributed by atoms with Crippen molar-refractivity contribution >= 4 is 21.9 Å². The summed E-state index contributed by atoms with van der Waals surface area (Å²) >= 11 is 0. The van der Waals surface area contributed by atoms with Gasteiger partial charge in [0.1, 0.15) is 5.52 Å². The minimum absolute atomic E-state index is 0.637. The first kappa shape index (κ1) is 10.3. The second-order valence-electron chi connectivity index (χ2n) is 4.46. The van der Waals surface area contributed by atoms with Gasteiger partial charge in [-0.1, -0.05) is 23.4 Å². The van der Waals surface area contributed by atoms with E-state index < -0.39 is 0 Å². The van der Waals surface area contributed by atoms with E-state index in [2.05, 4.69) is 20.1 Å². The normalized spacial score (nSPS) is 11.4. The van der Waals surface area contributed by atoms with Gasteiger partial charge in [0.2, 0.25) is 5.76 Å². The third-order valence-corrected chi connectivity index (χ3v) is 3.09. The van der Waals surface area contributed by atoms with Crippen molar-refractivity contribution in [2.75, 3.05) is 0 Å². The number of imidazole rings is 1. The zero-order valence-corrected chi connectivity index (χ0v) is 10.2. The number of benzene rings is 1. The fraction of sp³-hybridized carbons (Fsp3) is 0.0714. The van der Waals surface area contributed by atoms with Crippen LogP contribution >= 0.6 is 0 Å². The molecule has 5 heteroatoms. The van der Waals surface area contributed by atoms with Crippen LogP contribution in [0.1, 0.15) is 5.69 Å². The van der Waals surface area contributed by atoms with Crippen LogP contribution in [0.15, 0.2) is 41.1 Å². The molecule has 4 rings (SSSR count). The van der Waals surface area contributed by atoms with Gasteiger partial charge in [-0.25, -0.2) is 4.98 Å². The molecule has 0 aliphatic heterocycles. The fourth-order valence-electron chi connectivity index (χ4n) is 2.20. The summed E-state index contributed by atoms with van der Waals surface area (Å²) in [7, 11) is 0. The van der Waals surface area contributed by atoms with E-state index in [-0.39, 0.29) is 0 Å². The van der Waals surface area contributed by atoms with E-state index >= 15 is 0 Å². The number of hydrogen-bond acceptors (Lipinski definition) is 4. The van der Waals surface area contributed by atoms with Crippen molar-refractivity contribution in [2.24, 2.45) is 0 Å². The van der Waals surface area contributed by atoms with Crippen molar-refractivity contribution in [1.82, 2.24) is 20.1 Å². The van der Waals surface area contributed by atoms with Gasteiger partial charge < -0.3 is 9.51 Å². The maximum absolute atomic E-state index is 5.23. The summed E-state index contributed by atoms with van der Waals surface area (Å²) in [5, 5.41) is 4.90. The Bertz CT molecular complexity index is 891. The van der Waals surface area contributed by atoms with Crippen LogP contribution in [0.3, 0.4) is 0 Å². The molecule has 0 fully saturated rings. The molecule has 19 heavy (non-hydrogen) atoms. The highest BCUT2D eigenvalue weighted by Crippen LogP contribution is 2.25. The van der Waals surface area contributed by atoms with E-state index in [1.165, 1.54) is 0 Å². The standard InChI is InChI=1S/C14H10N4O/c1-8-6-12(19-18-8)14-16-11-7-15-10-5-3-2-4-9(10)13(11)17-14/h2-7H,1H3,(H,16,17). The summed E-state index contributed by atoms with van der Waals surface area (Å²) in [4.78, 5) is 12.2. The average Bonchev–Trinajstić information content (AvgIpc) is 3.04. The number of aromatic nitrogens is 4.